The predicted molar refractivity (Wildman–Crippen MR) is 81.8 cm³/mol. The minimum Gasteiger partial charge on any atom is -0.322 e. The average molecular weight is 284 g/mol. The summed E-state index contributed by atoms with van der Waals surface area (Å²) < 4.78 is 1.81. The van der Waals surface area contributed by atoms with Crippen molar-refractivity contribution in [3.8, 4) is 0 Å². The molecule has 1 aromatic carbocycles. The summed E-state index contributed by atoms with van der Waals surface area (Å²) in [5.41, 5.74) is 7.31. The fourth-order valence-corrected chi connectivity index (χ4v) is 2.77. The lowest BCUT2D eigenvalue weighted by atomic mass is 9.98. The molecule has 1 amide bonds. The van der Waals surface area contributed by atoms with Gasteiger partial charge in [0.05, 0.1) is 24.0 Å². The third-order valence-electron chi connectivity index (χ3n) is 4.03. The van der Waals surface area contributed by atoms with Crippen LogP contribution in [-0.4, -0.2) is 21.2 Å². The van der Waals surface area contributed by atoms with Crippen LogP contribution in [0.4, 0.5) is 5.69 Å². The maximum absolute atomic E-state index is 12.2. The lowest BCUT2D eigenvalue weighted by Gasteiger charge is -2.21. The Kier molecular flexibility index (Phi) is 3.75. The number of benzene rings is 1. The summed E-state index contributed by atoms with van der Waals surface area (Å²) in [4.78, 5) is 12.2. The second-order valence-electron chi connectivity index (χ2n) is 5.73. The van der Waals surface area contributed by atoms with Crippen LogP contribution in [0.25, 0.3) is 0 Å². The lowest BCUT2D eigenvalue weighted by molar-refractivity contribution is -0.121. The van der Waals surface area contributed by atoms with Crippen molar-refractivity contribution in [1.82, 2.24) is 9.78 Å². The molecule has 5 nitrogen and oxygen atoms in total. The lowest BCUT2D eigenvalue weighted by Crippen LogP contribution is -2.48. The normalized spacial score (nSPS) is 16.8. The molecule has 2 aromatic rings. The van der Waals surface area contributed by atoms with E-state index in [0.29, 0.717) is 12.2 Å². The third-order valence-corrected chi connectivity index (χ3v) is 4.03. The van der Waals surface area contributed by atoms with Gasteiger partial charge in [-0.05, 0) is 18.4 Å². The van der Waals surface area contributed by atoms with Gasteiger partial charge in [-0.1, -0.05) is 43.2 Å². The summed E-state index contributed by atoms with van der Waals surface area (Å²) in [5.74, 6) is -0.0979. The largest absolute Gasteiger partial charge is 0.322 e. The number of amides is 1. The van der Waals surface area contributed by atoms with Crippen LogP contribution in [0.2, 0.25) is 0 Å². The Labute approximate surface area is 124 Å². The molecule has 0 spiro atoms. The predicted octanol–water partition coefficient (Wildman–Crippen LogP) is 2.14. The van der Waals surface area contributed by atoms with Crippen LogP contribution in [0.1, 0.15) is 31.2 Å². The number of nitrogens with zero attached hydrogens (tertiary/aromatic N) is 2. The fraction of sp³-hybridized carbons (Fsp3) is 0.375. The first-order valence-corrected chi connectivity index (χ1v) is 7.32. The van der Waals surface area contributed by atoms with Crippen molar-refractivity contribution in [1.29, 1.82) is 0 Å². The van der Waals surface area contributed by atoms with Crippen LogP contribution in [0.15, 0.2) is 42.7 Å². The molecule has 110 valence electrons. The van der Waals surface area contributed by atoms with E-state index in [1.54, 1.807) is 6.20 Å². The SMILES string of the molecule is NC1(C(=O)Nc2cnn(Cc3ccccc3)c2)CCCC1. The molecule has 1 heterocycles. The molecule has 0 bridgehead atoms. The van der Waals surface area contributed by atoms with Crippen molar-refractivity contribution in [3.05, 3.63) is 48.3 Å². The first-order chi connectivity index (χ1) is 10.2. The van der Waals surface area contributed by atoms with Crippen LogP contribution in [0, 0.1) is 0 Å². The number of carbonyl (C=O) groups excluding carboxylic acids is 1. The Morgan fingerprint density at radius 3 is 2.71 bits per heavy atom. The van der Waals surface area contributed by atoms with Gasteiger partial charge in [0.25, 0.3) is 0 Å². The van der Waals surface area contributed by atoms with Crippen molar-refractivity contribution >= 4 is 11.6 Å². The highest BCUT2D eigenvalue weighted by Crippen LogP contribution is 2.28. The molecule has 0 radical (unpaired) electrons. The molecular formula is C16H20N4O. The molecule has 0 atom stereocenters. The number of rotatable bonds is 4. The molecule has 0 unspecified atom stereocenters. The minimum absolute atomic E-state index is 0.0979. The molecule has 1 aromatic heterocycles. The summed E-state index contributed by atoms with van der Waals surface area (Å²) >= 11 is 0. The number of carbonyl (C=O) groups is 1. The highest BCUT2D eigenvalue weighted by molar-refractivity contribution is 5.97. The van der Waals surface area contributed by atoms with Gasteiger partial charge in [0.15, 0.2) is 0 Å². The highest BCUT2D eigenvalue weighted by atomic mass is 16.2. The van der Waals surface area contributed by atoms with E-state index < -0.39 is 5.54 Å². The fourth-order valence-electron chi connectivity index (χ4n) is 2.77. The first kappa shape index (κ1) is 13.8. The van der Waals surface area contributed by atoms with E-state index in [9.17, 15) is 4.79 Å². The number of nitrogens with one attached hydrogen (secondary N) is 1. The van der Waals surface area contributed by atoms with Crippen LogP contribution in [0.3, 0.4) is 0 Å². The topological polar surface area (TPSA) is 72.9 Å². The quantitative estimate of drug-likeness (QED) is 0.903. The van der Waals surface area contributed by atoms with Gasteiger partial charge in [-0.25, -0.2) is 0 Å². The number of nitrogens with two attached hydrogens (primary N) is 1. The van der Waals surface area contributed by atoms with Crippen LogP contribution < -0.4 is 11.1 Å². The van der Waals surface area contributed by atoms with E-state index in [2.05, 4.69) is 10.4 Å². The van der Waals surface area contributed by atoms with Crippen molar-refractivity contribution in [2.45, 2.75) is 37.8 Å². The van der Waals surface area contributed by atoms with Crippen LogP contribution in [-0.2, 0) is 11.3 Å². The van der Waals surface area contributed by atoms with E-state index in [4.69, 9.17) is 5.73 Å². The van der Waals surface area contributed by atoms with Crippen molar-refractivity contribution in [2.75, 3.05) is 5.32 Å². The first-order valence-electron chi connectivity index (χ1n) is 7.32. The van der Waals surface area contributed by atoms with Gasteiger partial charge in [0, 0.05) is 6.20 Å². The molecule has 1 fully saturated rings. The zero-order valence-corrected chi connectivity index (χ0v) is 12.0. The molecule has 5 heteroatoms. The highest BCUT2D eigenvalue weighted by Gasteiger charge is 2.37. The molecule has 3 N–H and O–H groups in total. The summed E-state index contributed by atoms with van der Waals surface area (Å²) in [6, 6.07) is 10.1. The molecule has 1 aliphatic rings. The van der Waals surface area contributed by atoms with Gasteiger partial charge in [-0.2, -0.15) is 5.10 Å². The third kappa shape index (κ3) is 3.13. The van der Waals surface area contributed by atoms with E-state index in [1.807, 2.05) is 41.2 Å². The molecule has 1 saturated carbocycles. The average Bonchev–Trinajstić information content (AvgIpc) is 3.10. The Morgan fingerprint density at radius 2 is 2.00 bits per heavy atom. The standard InChI is InChI=1S/C16H20N4O/c17-16(8-4-5-9-16)15(21)19-14-10-18-20(12-14)11-13-6-2-1-3-7-13/h1-3,6-7,10,12H,4-5,8-9,11,17H2,(H,19,21). The zero-order valence-electron chi connectivity index (χ0n) is 12.0. The van der Waals surface area contributed by atoms with E-state index in [0.717, 1.165) is 25.7 Å². The van der Waals surface area contributed by atoms with Crippen molar-refractivity contribution in [3.63, 3.8) is 0 Å². The van der Waals surface area contributed by atoms with Gasteiger partial charge in [-0.3, -0.25) is 9.48 Å². The zero-order chi connectivity index (χ0) is 14.7. The van der Waals surface area contributed by atoms with Crippen LogP contribution >= 0.6 is 0 Å². The van der Waals surface area contributed by atoms with Crippen molar-refractivity contribution < 1.29 is 4.79 Å². The van der Waals surface area contributed by atoms with Gasteiger partial charge in [0.2, 0.25) is 5.91 Å². The molecular weight excluding hydrogens is 264 g/mol. The van der Waals surface area contributed by atoms with E-state index in [1.165, 1.54) is 5.56 Å². The Balaban J connectivity index is 1.64. The number of hydrogen-bond acceptors (Lipinski definition) is 3. The monoisotopic (exact) mass is 284 g/mol. The molecule has 3 rings (SSSR count). The molecule has 0 aliphatic heterocycles. The smallest absolute Gasteiger partial charge is 0.244 e. The summed E-state index contributed by atoms with van der Waals surface area (Å²) in [6.45, 7) is 0.685. The Hall–Kier alpha value is -2.14. The second-order valence-corrected chi connectivity index (χ2v) is 5.73. The number of anilines is 1. The Morgan fingerprint density at radius 1 is 1.29 bits per heavy atom. The van der Waals surface area contributed by atoms with Gasteiger partial charge < -0.3 is 11.1 Å². The summed E-state index contributed by atoms with van der Waals surface area (Å²) in [6.07, 6.45) is 7.07. The van der Waals surface area contributed by atoms with Gasteiger partial charge in [-0.15, -0.1) is 0 Å². The van der Waals surface area contributed by atoms with Gasteiger partial charge in [0.1, 0.15) is 0 Å². The maximum Gasteiger partial charge on any atom is 0.244 e. The summed E-state index contributed by atoms with van der Waals surface area (Å²) in [5, 5.41) is 7.16. The van der Waals surface area contributed by atoms with E-state index >= 15 is 0 Å². The molecule has 21 heavy (non-hydrogen) atoms. The maximum atomic E-state index is 12.2. The molecule has 0 saturated heterocycles. The minimum atomic E-state index is -0.707. The molecule has 1 aliphatic carbocycles. The number of hydrogen-bond donors (Lipinski definition) is 2. The van der Waals surface area contributed by atoms with Crippen molar-refractivity contribution in [2.24, 2.45) is 5.73 Å². The van der Waals surface area contributed by atoms with Crippen LogP contribution in [0.5, 0.6) is 0 Å². The van der Waals surface area contributed by atoms with Gasteiger partial charge >= 0.3 is 0 Å². The van der Waals surface area contributed by atoms with E-state index in [-0.39, 0.29) is 5.91 Å². The second kappa shape index (κ2) is 5.69. The number of aromatic nitrogens is 2. The Bertz CT molecular complexity index is 614. The summed E-state index contributed by atoms with van der Waals surface area (Å²) in [7, 11) is 0.